The molecule has 1 N–H and O–H groups in total. The van der Waals surface area contributed by atoms with Crippen LogP contribution in [0.3, 0.4) is 0 Å². The first-order chi connectivity index (χ1) is 18.1. The van der Waals surface area contributed by atoms with Gasteiger partial charge >= 0.3 is 0 Å². The van der Waals surface area contributed by atoms with Crippen LogP contribution in [0, 0.1) is 13.8 Å². The second-order valence-corrected chi connectivity index (χ2v) is 10.6. The molecule has 1 atom stereocenters. The van der Waals surface area contributed by atoms with Gasteiger partial charge in [-0.05, 0) is 71.8 Å². The quantitative estimate of drug-likeness (QED) is 0.436. The highest BCUT2D eigenvalue weighted by molar-refractivity contribution is 5.83. The highest BCUT2D eigenvalue weighted by atomic mass is 16.1. The van der Waals surface area contributed by atoms with Crippen LogP contribution in [0.1, 0.15) is 66.7 Å². The summed E-state index contributed by atoms with van der Waals surface area (Å²) < 4.78 is 2.03. The molecule has 3 heterocycles. The van der Waals surface area contributed by atoms with Crippen molar-refractivity contribution in [2.45, 2.75) is 58.0 Å². The minimum atomic E-state index is -0.301. The fourth-order valence-corrected chi connectivity index (χ4v) is 6.09. The van der Waals surface area contributed by atoms with Gasteiger partial charge in [0.2, 0.25) is 0 Å². The lowest BCUT2D eigenvalue weighted by atomic mass is 9.94. The Hall–Kier alpha value is -3.52. The molecule has 6 rings (SSSR count). The molecule has 1 saturated carbocycles. The Bertz CT molecular complexity index is 1430. The first kappa shape index (κ1) is 23.9. The Morgan fingerprint density at radius 1 is 0.946 bits per heavy atom. The third-order valence-corrected chi connectivity index (χ3v) is 8.36. The SMILES string of the molecule is Cc1ccc2cc([C@@H](c3nnnn3C3CCCCC3)N3CCN(c4ccccc4)CC3)c(=O)[nH]c2c1C. The van der Waals surface area contributed by atoms with E-state index in [0.717, 1.165) is 66.9 Å². The minimum Gasteiger partial charge on any atom is -0.369 e. The number of hydrogen-bond donors (Lipinski definition) is 1. The summed E-state index contributed by atoms with van der Waals surface area (Å²) in [6, 6.07) is 16.8. The monoisotopic (exact) mass is 497 g/mol. The maximum Gasteiger partial charge on any atom is 0.253 e. The molecule has 2 aromatic carbocycles. The Morgan fingerprint density at radius 2 is 1.70 bits per heavy atom. The lowest BCUT2D eigenvalue weighted by Gasteiger charge is -2.40. The number of H-pyrrole nitrogens is 1. The first-order valence-electron chi connectivity index (χ1n) is 13.5. The molecule has 0 spiro atoms. The average Bonchev–Trinajstić information content (AvgIpc) is 3.43. The van der Waals surface area contributed by atoms with E-state index in [1.807, 2.05) is 4.68 Å². The van der Waals surface area contributed by atoms with Gasteiger partial charge in [-0.15, -0.1) is 5.10 Å². The molecule has 37 heavy (non-hydrogen) atoms. The van der Waals surface area contributed by atoms with Gasteiger partial charge < -0.3 is 9.88 Å². The summed E-state index contributed by atoms with van der Waals surface area (Å²) in [4.78, 5) is 21.7. The Morgan fingerprint density at radius 3 is 2.46 bits per heavy atom. The summed E-state index contributed by atoms with van der Waals surface area (Å²) in [5.74, 6) is 0.786. The number of aryl methyl sites for hydroxylation is 2. The van der Waals surface area contributed by atoms with Gasteiger partial charge in [-0.1, -0.05) is 49.6 Å². The van der Waals surface area contributed by atoms with E-state index in [0.29, 0.717) is 0 Å². The van der Waals surface area contributed by atoms with Crippen LogP contribution in [-0.2, 0) is 0 Å². The van der Waals surface area contributed by atoms with Crippen molar-refractivity contribution in [3.05, 3.63) is 81.4 Å². The molecule has 2 aromatic heterocycles. The number of benzene rings is 2. The van der Waals surface area contributed by atoms with Gasteiger partial charge in [-0.2, -0.15) is 0 Å². The molecule has 8 nitrogen and oxygen atoms in total. The second kappa shape index (κ2) is 10.1. The predicted molar refractivity (Wildman–Crippen MR) is 146 cm³/mol. The Balaban J connectivity index is 1.41. The number of nitrogens with one attached hydrogen (secondary N) is 1. The number of fused-ring (bicyclic) bond motifs is 1. The molecule has 0 amide bonds. The zero-order valence-electron chi connectivity index (χ0n) is 21.7. The third-order valence-electron chi connectivity index (χ3n) is 8.36. The van der Waals surface area contributed by atoms with Crippen LogP contribution in [-0.4, -0.2) is 56.3 Å². The number of rotatable bonds is 5. The summed E-state index contributed by atoms with van der Waals surface area (Å²) in [7, 11) is 0. The largest absolute Gasteiger partial charge is 0.369 e. The number of aromatic nitrogens is 5. The zero-order valence-corrected chi connectivity index (χ0v) is 21.7. The fraction of sp³-hybridized carbons (Fsp3) is 0.448. The summed E-state index contributed by atoms with van der Waals surface area (Å²) in [6.45, 7) is 7.55. The van der Waals surface area contributed by atoms with Gasteiger partial charge in [0.05, 0.1) is 11.6 Å². The molecule has 1 aliphatic carbocycles. The van der Waals surface area contributed by atoms with Gasteiger partial charge in [0.25, 0.3) is 5.56 Å². The number of tetrazole rings is 1. The van der Waals surface area contributed by atoms with Crippen molar-refractivity contribution >= 4 is 16.6 Å². The standard InChI is InChI=1S/C29H35N7O/c1-20-13-14-22-19-25(29(37)30-26(22)21(20)2)27(28-31-32-33-36(28)24-11-7-4-8-12-24)35-17-15-34(16-18-35)23-9-5-3-6-10-23/h3,5-6,9-10,13-14,19,24,27H,4,7-8,11-12,15-18H2,1-2H3,(H,30,37)/t27-/m0/s1. The van der Waals surface area contributed by atoms with Crippen LogP contribution in [0.15, 0.2) is 53.3 Å². The normalized spacial score (nSPS) is 18.4. The molecule has 0 bridgehead atoms. The molecule has 192 valence electrons. The van der Waals surface area contributed by atoms with Gasteiger partial charge in [0.1, 0.15) is 6.04 Å². The molecule has 8 heteroatoms. The molecular weight excluding hydrogens is 462 g/mol. The van der Waals surface area contributed by atoms with Crippen LogP contribution in [0.2, 0.25) is 0 Å². The molecule has 0 unspecified atom stereocenters. The fourth-order valence-electron chi connectivity index (χ4n) is 6.09. The van der Waals surface area contributed by atoms with E-state index in [2.05, 4.69) is 92.7 Å². The maximum atomic E-state index is 13.7. The van der Waals surface area contributed by atoms with E-state index in [9.17, 15) is 4.79 Å². The summed E-state index contributed by atoms with van der Waals surface area (Å²) in [6.07, 6.45) is 5.82. The third kappa shape index (κ3) is 4.55. The molecule has 2 aliphatic rings. The summed E-state index contributed by atoms with van der Waals surface area (Å²) >= 11 is 0. The number of nitrogens with zero attached hydrogens (tertiary/aromatic N) is 6. The van der Waals surface area contributed by atoms with Crippen molar-refractivity contribution in [3.63, 3.8) is 0 Å². The van der Waals surface area contributed by atoms with E-state index < -0.39 is 0 Å². The molecule has 0 radical (unpaired) electrons. The Labute approximate surface area is 217 Å². The van der Waals surface area contributed by atoms with Gasteiger partial charge in [0, 0.05) is 37.4 Å². The molecule has 4 aromatic rings. The first-order valence-corrected chi connectivity index (χ1v) is 13.5. The van der Waals surface area contributed by atoms with E-state index in [1.54, 1.807) is 0 Å². The lowest BCUT2D eigenvalue weighted by molar-refractivity contribution is 0.192. The van der Waals surface area contributed by atoms with Crippen molar-refractivity contribution in [2.24, 2.45) is 0 Å². The van der Waals surface area contributed by atoms with E-state index >= 15 is 0 Å². The summed E-state index contributed by atoms with van der Waals surface area (Å²) in [5, 5.41) is 14.2. The molecule has 2 fully saturated rings. The van der Waals surface area contributed by atoms with Gasteiger partial charge in [-0.3, -0.25) is 9.69 Å². The van der Waals surface area contributed by atoms with Gasteiger partial charge in [0.15, 0.2) is 5.82 Å². The topological polar surface area (TPSA) is 82.9 Å². The average molecular weight is 498 g/mol. The second-order valence-electron chi connectivity index (χ2n) is 10.6. The van der Waals surface area contributed by atoms with Crippen LogP contribution in [0.5, 0.6) is 0 Å². The molecular formula is C29H35N7O. The van der Waals surface area contributed by atoms with Crippen LogP contribution in [0.25, 0.3) is 10.9 Å². The summed E-state index contributed by atoms with van der Waals surface area (Å²) in [5.41, 5.74) is 5.09. The van der Waals surface area contributed by atoms with Gasteiger partial charge in [-0.25, -0.2) is 4.68 Å². The number of piperazine rings is 1. The van der Waals surface area contributed by atoms with Crippen molar-refractivity contribution in [2.75, 3.05) is 31.1 Å². The molecule has 1 saturated heterocycles. The number of anilines is 1. The molecule has 1 aliphatic heterocycles. The minimum absolute atomic E-state index is 0.0603. The van der Waals surface area contributed by atoms with Crippen molar-refractivity contribution in [1.29, 1.82) is 0 Å². The number of para-hydroxylation sites is 1. The highest BCUT2D eigenvalue weighted by Gasteiger charge is 2.34. The predicted octanol–water partition coefficient (Wildman–Crippen LogP) is 4.55. The number of aromatic amines is 1. The number of hydrogen-bond acceptors (Lipinski definition) is 6. The van der Waals surface area contributed by atoms with Crippen LogP contribution < -0.4 is 10.5 Å². The number of pyridine rings is 1. The van der Waals surface area contributed by atoms with E-state index in [4.69, 9.17) is 0 Å². The Kier molecular flexibility index (Phi) is 6.50. The van der Waals surface area contributed by atoms with Crippen LogP contribution >= 0.6 is 0 Å². The van der Waals surface area contributed by atoms with Crippen molar-refractivity contribution in [3.8, 4) is 0 Å². The van der Waals surface area contributed by atoms with E-state index in [-0.39, 0.29) is 17.6 Å². The van der Waals surface area contributed by atoms with Crippen molar-refractivity contribution in [1.82, 2.24) is 30.1 Å². The van der Waals surface area contributed by atoms with E-state index in [1.165, 1.54) is 30.5 Å². The maximum absolute atomic E-state index is 13.7. The smallest absolute Gasteiger partial charge is 0.253 e. The highest BCUT2D eigenvalue weighted by Crippen LogP contribution is 2.34. The zero-order chi connectivity index (χ0) is 25.4. The lowest BCUT2D eigenvalue weighted by Crippen LogP contribution is -2.49. The van der Waals surface area contributed by atoms with Crippen molar-refractivity contribution < 1.29 is 0 Å². The van der Waals surface area contributed by atoms with Crippen LogP contribution in [0.4, 0.5) is 5.69 Å².